The van der Waals surface area contributed by atoms with E-state index in [9.17, 15) is 14.4 Å². The molecule has 0 spiro atoms. The summed E-state index contributed by atoms with van der Waals surface area (Å²) >= 11 is 2.74. The zero-order valence-electron chi connectivity index (χ0n) is 17.7. The molecule has 1 aliphatic carbocycles. The van der Waals surface area contributed by atoms with E-state index in [-0.39, 0.29) is 29.2 Å². The van der Waals surface area contributed by atoms with Crippen LogP contribution in [0.25, 0.3) is 10.2 Å². The Morgan fingerprint density at radius 3 is 2.77 bits per heavy atom. The summed E-state index contributed by atoms with van der Waals surface area (Å²) in [5, 5.41) is 6.97. The minimum absolute atomic E-state index is 0.0633. The second-order valence-electron chi connectivity index (χ2n) is 7.57. The second kappa shape index (κ2) is 8.84. The molecule has 0 atom stereocenters. The van der Waals surface area contributed by atoms with Crippen molar-refractivity contribution in [3.8, 4) is 0 Å². The molecule has 7 nitrogen and oxygen atoms in total. The largest absolute Gasteiger partial charge is 0.349 e. The molecule has 1 fully saturated rings. The van der Waals surface area contributed by atoms with Gasteiger partial charge in [0, 0.05) is 28.7 Å². The molecule has 0 bridgehead atoms. The summed E-state index contributed by atoms with van der Waals surface area (Å²) in [4.78, 5) is 44.1. The topological polar surface area (TPSA) is 93.1 Å². The molecule has 9 heteroatoms. The van der Waals surface area contributed by atoms with Crippen molar-refractivity contribution < 1.29 is 9.59 Å². The van der Waals surface area contributed by atoms with Gasteiger partial charge in [0.1, 0.15) is 4.83 Å². The van der Waals surface area contributed by atoms with Crippen molar-refractivity contribution in [1.29, 1.82) is 0 Å². The predicted molar refractivity (Wildman–Crippen MR) is 125 cm³/mol. The Morgan fingerprint density at radius 1 is 1.29 bits per heavy atom. The van der Waals surface area contributed by atoms with Gasteiger partial charge in [-0.15, -0.1) is 11.3 Å². The molecule has 31 heavy (non-hydrogen) atoms. The summed E-state index contributed by atoms with van der Waals surface area (Å²) in [6, 6.07) is 7.17. The number of nitrogens with zero attached hydrogens (tertiary/aromatic N) is 2. The lowest BCUT2D eigenvalue weighted by molar-refractivity contribution is -0.113. The Hall–Kier alpha value is -2.65. The number of benzene rings is 1. The number of amides is 2. The lowest BCUT2D eigenvalue weighted by Crippen LogP contribution is -2.25. The van der Waals surface area contributed by atoms with Crippen LogP contribution in [0.4, 0.5) is 5.69 Å². The molecule has 0 saturated heterocycles. The van der Waals surface area contributed by atoms with Crippen LogP contribution < -0.4 is 16.2 Å². The highest BCUT2D eigenvalue weighted by atomic mass is 32.2. The minimum atomic E-state index is -0.222. The maximum Gasteiger partial charge on any atom is 0.263 e. The second-order valence-corrected chi connectivity index (χ2v) is 9.72. The lowest BCUT2D eigenvalue weighted by Gasteiger charge is -2.11. The van der Waals surface area contributed by atoms with E-state index in [1.54, 1.807) is 28.8 Å². The number of aromatic nitrogens is 2. The van der Waals surface area contributed by atoms with Gasteiger partial charge >= 0.3 is 0 Å². The molecule has 162 valence electrons. The molecule has 1 aromatic carbocycles. The average molecular weight is 457 g/mol. The number of anilines is 1. The van der Waals surface area contributed by atoms with Crippen LogP contribution in [0.5, 0.6) is 0 Å². The number of hydrogen-bond acceptors (Lipinski definition) is 6. The van der Waals surface area contributed by atoms with Gasteiger partial charge in [-0.25, -0.2) is 4.98 Å². The van der Waals surface area contributed by atoms with Crippen molar-refractivity contribution in [1.82, 2.24) is 14.9 Å². The normalized spacial score (nSPS) is 13.4. The van der Waals surface area contributed by atoms with E-state index < -0.39 is 0 Å². The molecule has 2 heterocycles. The molecule has 4 rings (SSSR count). The monoisotopic (exact) mass is 456 g/mol. The first-order valence-electron chi connectivity index (χ1n) is 10.2. The molecule has 2 amide bonds. The molecule has 0 aliphatic heterocycles. The fraction of sp³-hybridized carbons (Fsp3) is 0.364. The maximum atomic E-state index is 12.9. The highest BCUT2D eigenvalue weighted by Gasteiger charge is 2.24. The minimum Gasteiger partial charge on any atom is -0.349 e. The summed E-state index contributed by atoms with van der Waals surface area (Å²) in [5.41, 5.74) is 1.99. The summed E-state index contributed by atoms with van der Waals surface area (Å²) in [7, 11) is 0. The Morgan fingerprint density at radius 2 is 2.06 bits per heavy atom. The molecule has 2 aromatic heterocycles. The lowest BCUT2D eigenvalue weighted by atomic mass is 10.2. The van der Waals surface area contributed by atoms with Crippen LogP contribution >= 0.6 is 23.1 Å². The summed E-state index contributed by atoms with van der Waals surface area (Å²) in [6.45, 7) is 6.30. The molecule has 2 N–H and O–H groups in total. The third-order valence-electron chi connectivity index (χ3n) is 5.22. The summed E-state index contributed by atoms with van der Waals surface area (Å²) in [6.07, 6.45) is 2.04. The van der Waals surface area contributed by atoms with E-state index >= 15 is 0 Å². The zero-order valence-corrected chi connectivity index (χ0v) is 19.3. The molecule has 0 radical (unpaired) electrons. The molecule has 1 aliphatic rings. The zero-order chi connectivity index (χ0) is 22.1. The summed E-state index contributed by atoms with van der Waals surface area (Å²) in [5.74, 6) is -0.237. The van der Waals surface area contributed by atoms with E-state index in [1.807, 2.05) is 20.8 Å². The number of thiophene rings is 1. The van der Waals surface area contributed by atoms with Gasteiger partial charge in [0.25, 0.3) is 11.5 Å². The van der Waals surface area contributed by atoms with Crippen LogP contribution in [0.15, 0.2) is 34.2 Å². The number of nitrogens with one attached hydrogen (secondary N) is 2. The first-order chi connectivity index (χ1) is 14.9. The number of rotatable bonds is 7. The molecular formula is C22H24N4O3S2. The van der Waals surface area contributed by atoms with Gasteiger partial charge in [-0.2, -0.15) is 0 Å². The fourth-order valence-corrected chi connectivity index (χ4v) is 5.19. The van der Waals surface area contributed by atoms with Crippen molar-refractivity contribution in [3.05, 3.63) is 50.6 Å². The van der Waals surface area contributed by atoms with Crippen LogP contribution in [0.1, 0.15) is 40.6 Å². The molecular weight excluding hydrogens is 432 g/mol. The first kappa shape index (κ1) is 21.6. The first-order valence-corrected chi connectivity index (χ1v) is 12.0. The van der Waals surface area contributed by atoms with Gasteiger partial charge in [-0.05, 0) is 57.4 Å². The van der Waals surface area contributed by atoms with Gasteiger partial charge in [0.15, 0.2) is 5.16 Å². The number of carbonyl (C=O) groups excluding carboxylic acids is 2. The van der Waals surface area contributed by atoms with Crippen molar-refractivity contribution in [3.63, 3.8) is 0 Å². The van der Waals surface area contributed by atoms with E-state index in [2.05, 4.69) is 15.6 Å². The van der Waals surface area contributed by atoms with Gasteiger partial charge in [0.05, 0.1) is 11.1 Å². The van der Waals surface area contributed by atoms with Crippen molar-refractivity contribution >= 4 is 50.8 Å². The van der Waals surface area contributed by atoms with E-state index in [0.29, 0.717) is 33.2 Å². The number of thioether (sulfide) groups is 1. The maximum absolute atomic E-state index is 12.9. The van der Waals surface area contributed by atoms with Crippen molar-refractivity contribution in [2.75, 3.05) is 11.1 Å². The van der Waals surface area contributed by atoms with Crippen LogP contribution in [0.2, 0.25) is 0 Å². The van der Waals surface area contributed by atoms with Crippen LogP contribution in [0, 0.1) is 13.8 Å². The molecule has 0 unspecified atom stereocenters. The highest BCUT2D eigenvalue weighted by molar-refractivity contribution is 7.99. The Kier molecular flexibility index (Phi) is 6.15. The van der Waals surface area contributed by atoms with E-state index in [4.69, 9.17) is 0 Å². The third kappa shape index (κ3) is 4.67. The highest BCUT2D eigenvalue weighted by Crippen LogP contribution is 2.28. The van der Waals surface area contributed by atoms with Crippen LogP contribution in [-0.2, 0) is 11.3 Å². The van der Waals surface area contributed by atoms with Crippen molar-refractivity contribution in [2.24, 2.45) is 0 Å². The van der Waals surface area contributed by atoms with E-state index in [1.165, 1.54) is 23.1 Å². The Bertz CT molecular complexity index is 1230. The quantitative estimate of drug-likeness (QED) is 0.418. The standard InChI is InChI=1S/C22H24N4O3S2/c1-4-26-21(29)18-12(2)13(3)31-20(18)25-22(26)30-11-17(27)23-16-7-5-6-14(10-16)19(28)24-15-8-9-15/h5-7,10,15H,4,8-9,11H2,1-3H3,(H,23,27)(H,24,28). The fourth-order valence-electron chi connectivity index (χ4n) is 3.26. The van der Waals surface area contributed by atoms with Crippen molar-refractivity contribution in [2.45, 2.75) is 51.4 Å². The van der Waals surface area contributed by atoms with Gasteiger partial charge in [-0.3, -0.25) is 19.0 Å². The smallest absolute Gasteiger partial charge is 0.263 e. The average Bonchev–Trinajstić information content (AvgIpc) is 3.51. The molecule has 1 saturated carbocycles. The van der Waals surface area contributed by atoms with Crippen LogP contribution in [0.3, 0.4) is 0 Å². The van der Waals surface area contributed by atoms with Crippen LogP contribution in [-0.4, -0.2) is 33.2 Å². The number of aryl methyl sites for hydroxylation is 2. The molecule has 3 aromatic rings. The number of fused-ring (bicyclic) bond motifs is 1. The third-order valence-corrected chi connectivity index (χ3v) is 7.30. The SMILES string of the molecule is CCn1c(SCC(=O)Nc2cccc(C(=O)NC3CC3)c2)nc2sc(C)c(C)c2c1=O. The van der Waals surface area contributed by atoms with Gasteiger partial charge in [0.2, 0.25) is 5.91 Å². The Balaban J connectivity index is 1.46. The van der Waals surface area contributed by atoms with Gasteiger partial charge in [-0.1, -0.05) is 17.8 Å². The predicted octanol–water partition coefficient (Wildman–Crippen LogP) is 3.72. The summed E-state index contributed by atoms with van der Waals surface area (Å²) < 4.78 is 1.61. The Labute approximate surface area is 188 Å². The number of carbonyl (C=O) groups is 2. The van der Waals surface area contributed by atoms with Gasteiger partial charge < -0.3 is 10.6 Å². The van der Waals surface area contributed by atoms with E-state index in [0.717, 1.165) is 23.3 Å². The number of hydrogen-bond donors (Lipinski definition) is 2.